The van der Waals surface area contributed by atoms with E-state index in [0.717, 1.165) is 30.7 Å². The van der Waals surface area contributed by atoms with Gasteiger partial charge in [-0.3, -0.25) is 4.90 Å². The zero-order valence-corrected chi connectivity index (χ0v) is 13.4. The third-order valence-electron chi connectivity index (χ3n) is 3.59. The lowest BCUT2D eigenvalue weighted by atomic mass is 9.81. The van der Waals surface area contributed by atoms with E-state index in [-0.39, 0.29) is 11.2 Å². The molecular formula is C15H22BrFN2. The highest BCUT2D eigenvalue weighted by atomic mass is 79.9. The Labute approximate surface area is 123 Å². The fourth-order valence-electron chi connectivity index (χ4n) is 2.87. The average molecular weight is 329 g/mol. The quantitative estimate of drug-likeness (QED) is 0.892. The van der Waals surface area contributed by atoms with Crippen molar-refractivity contribution in [1.29, 1.82) is 0 Å². The van der Waals surface area contributed by atoms with Gasteiger partial charge in [-0.15, -0.1) is 0 Å². The first kappa shape index (κ1) is 14.9. The van der Waals surface area contributed by atoms with Crippen molar-refractivity contribution in [2.24, 2.45) is 5.41 Å². The third-order valence-corrected chi connectivity index (χ3v) is 4.28. The molecule has 1 N–H and O–H groups in total. The van der Waals surface area contributed by atoms with Gasteiger partial charge in [0.2, 0.25) is 0 Å². The van der Waals surface area contributed by atoms with Gasteiger partial charge in [0.1, 0.15) is 5.82 Å². The fourth-order valence-corrected chi connectivity index (χ4v) is 3.44. The lowest BCUT2D eigenvalue weighted by Gasteiger charge is -2.43. The molecule has 1 fully saturated rings. The lowest BCUT2D eigenvalue weighted by Crippen LogP contribution is -2.48. The second-order valence-corrected chi connectivity index (χ2v) is 7.07. The van der Waals surface area contributed by atoms with E-state index >= 15 is 0 Å². The molecule has 19 heavy (non-hydrogen) atoms. The van der Waals surface area contributed by atoms with Gasteiger partial charge in [-0.25, -0.2) is 4.39 Å². The van der Waals surface area contributed by atoms with E-state index in [1.54, 1.807) is 12.1 Å². The molecule has 0 aromatic heterocycles. The molecule has 0 amide bonds. The van der Waals surface area contributed by atoms with Crippen LogP contribution in [0.3, 0.4) is 0 Å². The molecule has 2 nitrogen and oxygen atoms in total. The molecule has 0 radical (unpaired) electrons. The summed E-state index contributed by atoms with van der Waals surface area (Å²) < 4.78 is 14.2. The first-order chi connectivity index (χ1) is 8.89. The second-order valence-electron chi connectivity index (χ2n) is 6.22. The number of halogens is 2. The van der Waals surface area contributed by atoms with Crippen molar-refractivity contribution in [3.63, 3.8) is 0 Å². The van der Waals surface area contributed by atoms with Crippen LogP contribution in [0.1, 0.15) is 32.4 Å². The first-order valence-electron chi connectivity index (χ1n) is 6.79. The van der Waals surface area contributed by atoms with Gasteiger partial charge in [-0.2, -0.15) is 0 Å². The normalized spacial score (nSPS) is 19.4. The molecule has 1 saturated heterocycles. The molecule has 0 unspecified atom stereocenters. The van der Waals surface area contributed by atoms with Crippen LogP contribution in [0.15, 0.2) is 22.7 Å². The summed E-state index contributed by atoms with van der Waals surface area (Å²) in [7, 11) is 0. The van der Waals surface area contributed by atoms with Crippen LogP contribution in [0.5, 0.6) is 0 Å². The van der Waals surface area contributed by atoms with Crippen LogP contribution in [0.2, 0.25) is 0 Å². The van der Waals surface area contributed by atoms with Crippen molar-refractivity contribution < 1.29 is 4.39 Å². The number of nitrogens with zero attached hydrogens (tertiary/aromatic N) is 1. The summed E-state index contributed by atoms with van der Waals surface area (Å²) in [6.07, 6.45) is 0. The molecule has 1 aliphatic heterocycles. The van der Waals surface area contributed by atoms with Crippen LogP contribution >= 0.6 is 15.9 Å². The van der Waals surface area contributed by atoms with Crippen LogP contribution < -0.4 is 5.32 Å². The Bertz CT molecular complexity index is 436. The zero-order valence-electron chi connectivity index (χ0n) is 11.8. The predicted octanol–water partition coefficient (Wildman–Crippen LogP) is 3.58. The van der Waals surface area contributed by atoms with Crippen molar-refractivity contribution in [1.82, 2.24) is 10.2 Å². The minimum Gasteiger partial charge on any atom is -0.314 e. The third kappa shape index (κ3) is 3.56. The van der Waals surface area contributed by atoms with E-state index in [9.17, 15) is 4.39 Å². The van der Waals surface area contributed by atoms with Crippen LogP contribution in [-0.4, -0.2) is 31.1 Å². The molecule has 1 aromatic rings. The van der Waals surface area contributed by atoms with Gasteiger partial charge in [0.25, 0.3) is 0 Å². The van der Waals surface area contributed by atoms with Gasteiger partial charge in [-0.05, 0) is 23.1 Å². The van der Waals surface area contributed by atoms with Crippen molar-refractivity contribution in [3.8, 4) is 0 Å². The highest BCUT2D eigenvalue weighted by molar-refractivity contribution is 9.10. The van der Waals surface area contributed by atoms with Crippen LogP contribution in [0.4, 0.5) is 4.39 Å². The summed E-state index contributed by atoms with van der Waals surface area (Å²) >= 11 is 3.52. The molecule has 4 heteroatoms. The molecule has 1 atom stereocenters. The van der Waals surface area contributed by atoms with Gasteiger partial charge >= 0.3 is 0 Å². The van der Waals surface area contributed by atoms with E-state index < -0.39 is 0 Å². The smallest absolute Gasteiger partial charge is 0.124 e. The van der Waals surface area contributed by atoms with E-state index in [4.69, 9.17) is 0 Å². The van der Waals surface area contributed by atoms with Crippen molar-refractivity contribution in [2.75, 3.05) is 26.2 Å². The Hall–Kier alpha value is -0.450. The number of hydrogen-bond acceptors (Lipinski definition) is 2. The summed E-state index contributed by atoms with van der Waals surface area (Å²) in [5.74, 6) is -0.191. The van der Waals surface area contributed by atoms with Crippen LogP contribution in [0.25, 0.3) is 0 Å². The zero-order chi connectivity index (χ0) is 14.0. The van der Waals surface area contributed by atoms with Crippen LogP contribution in [-0.2, 0) is 0 Å². The van der Waals surface area contributed by atoms with Gasteiger partial charge in [0.15, 0.2) is 0 Å². The molecule has 0 aliphatic carbocycles. The topological polar surface area (TPSA) is 15.3 Å². The van der Waals surface area contributed by atoms with Crippen molar-refractivity contribution >= 4 is 15.9 Å². The maximum Gasteiger partial charge on any atom is 0.124 e. The molecule has 1 heterocycles. The Morgan fingerprint density at radius 3 is 2.42 bits per heavy atom. The van der Waals surface area contributed by atoms with Crippen molar-refractivity contribution in [2.45, 2.75) is 26.8 Å². The molecule has 0 saturated carbocycles. The largest absolute Gasteiger partial charge is 0.314 e. The van der Waals surface area contributed by atoms with Gasteiger partial charge in [0, 0.05) is 36.7 Å². The van der Waals surface area contributed by atoms with E-state index in [0.29, 0.717) is 6.04 Å². The highest BCUT2D eigenvalue weighted by Gasteiger charge is 2.33. The first-order valence-corrected chi connectivity index (χ1v) is 7.58. The maximum atomic E-state index is 13.3. The van der Waals surface area contributed by atoms with Gasteiger partial charge in [0.05, 0.1) is 0 Å². The Morgan fingerprint density at radius 2 is 1.89 bits per heavy atom. The summed E-state index contributed by atoms with van der Waals surface area (Å²) in [5, 5.41) is 3.38. The summed E-state index contributed by atoms with van der Waals surface area (Å²) in [6, 6.07) is 5.33. The number of nitrogens with one attached hydrogen (secondary N) is 1. The Balaban J connectivity index is 2.36. The Kier molecular flexibility index (Phi) is 4.64. The summed E-state index contributed by atoms with van der Waals surface area (Å²) in [4.78, 5) is 2.49. The molecule has 2 rings (SSSR count). The monoisotopic (exact) mass is 328 g/mol. The minimum atomic E-state index is -0.191. The minimum absolute atomic E-state index is 0.109. The molecule has 106 valence electrons. The molecular weight excluding hydrogens is 307 g/mol. The van der Waals surface area contributed by atoms with Crippen molar-refractivity contribution in [3.05, 3.63) is 34.1 Å². The summed E-state index contributed by atoms with van der Waals surface area (Å²) in [5.41, 5.74) is 1.29. The Morgan fingerprint density at radius 1 is 1.26 bits per heavy atom. The molecule has 1 aliphatic rings. The number of benzene rings is 1. The van der Waals surface area contributed by atoms with Gasteiger partial charge < -0.3 is 5.32 Å². The number of rotatable bonds is 2. The average Bonchev–Trinajstić information content (AvgIpc) is 2.32. The van der Waals surface area contributed by atoms with Crippen LogP contribution in [0, 0.1) is 11.2 Å². The number of hydrogen-bond donors (Lipinski definition) is 1. The van der Waals surface area contributed by atoms with E-state index in [1.165, 1.54) is 5.56 Å². The number of piperazine rings is 1. The molecule has 0 bridgehead atoms. The SMILES string of the molecule is CC(C)(C)[C@H](c1ccc(F)cc1Br)N1CCNCC1. The lowest BCUT2D eigenvalue weighted by molar-refractivity contribution is 0.0856. The predicted molar refractivity (Wildman–Crippen MR) is 80.7 cm³/mol. The molecule has 0 spiro atoms. The maximum absolute atomic E-state index is 13.3. The second kappa shape index (κ2) is 5.90. The standard InChI is InChI=1S/C15H22BrFN2/c1-15(2,3)14(19-8-6-18-7-9-19)12-5-4-11(17)10-13(12)16/h4-5,10,14,18H,6-9H2,1-3H3/t14-/m0/s1. The van der Waals surface area contributed by atoms with Gasteiger partial charge in [-0.1, -0.05) is 42.8 Å². The highest BCUT2D eigenvalue weighted by Crippen LogP contribution is 2.41. The molecule has 1 aromatic carbocycles. The van der Waals surface area contributed by atoms with E-state index in [2.05, 4.69) is 46.9 Å². The van der Waals surface area contributed by atoms with E-state index in [1.807, 2.05) is 6.07 Å². The summed E-state index contributed by atoms with van der Waals surface area (Å²) in [6.45, 7) is 10.8. The fraction of sp³-hybridized carbons (Fsp3) is 0.600.